The zero-order valence-corrected chi connectivity index (χ0v) is 12.5. The molecular formula is C15H19N3OS. The van der Waals surface area contributed by atoms with Gasteiger partial charge in [0.25, 0.3) is 0 Å². The Morgan fingerprint density at radius 1 is 1.35 bits per heavy atom. The summed E-state index contributed by atoms with van der Waals surface area (Å²) in [6.07, 6.45) is 0. The van der Waals surface area contributed by atoms with E-state index in [-0.39, 0.29) is 11.9 Å². The lowest BCUT2D eigenvalue weighted by molar-refractivity contribution is -0.120. The third kappa shape index (κ3) is 3.59. The number of likely N-dealkylation sites (N-methyl/N-ethyl adjacent to an activating group) is 1. The number of hydrogen-bond donors (Lipinski definition) is 2. The van der Waals surface area contributed by atoms with Crippen molar-refractivity contribution in [1.82, 2.24) is 4.90 Å². The van der Waals surface area contributed by atoms with Gasteiger partial charge in [-0.3, -0.25) is 9.69 Å². The summed E-state index contributed by atoms with van der Waals surface area (Å²) in [4.78, 5) is 15.5. The van der Waals surface area contributed by atoms with E-state index < -0.39 is 0 Å². The zero-order valence-electron chi connectivity index (χ0n) is 11.7. The number of nitrogens with two attached hydrogens (primary N) is 1. The van der Waals surface area contributed by atoms with E-state index in [9.17, 15) is 4.79 Å². The quantitative estimate of drug-likeness (QED) is 0.832. The summed E-state index contributed by atoms with van der Waals surface area (Å²) < 4.78 is 0. The first-order chi connectivity index (χ1) is 9.58. The standard InChI is InChI=1S/C15H19N3OS/c1-11(18(2)10-12-6-5-9-20-12)15(19)17-14-8-4-3-7-13(14)16/h3-9,11H,10,16H2,1-2H3,(H,17,19). The van der Waals surface area contributed by atoms with Crippen LogP contribution in [0, 0.1) is 0 Å². The monoisotopic (exact) mass is 289 g/mol. The van der Waals surface area contributed by atoms with E-state index in [2.05, 4.69) is 11.4 Å². The highest BCUT2D eigenvalue weighted by atomic mass is 32.1. The molecule has 20 heavy (non-hydrogen) atoms. The number of anilines is 2. The maximum atomic E-state index is 12.2. The predicted molar refractivity (Wildman–Crippen MR) is 84.7 cm³/mol. The van der Waals surface area contributed by atoms with Crippen LogP contribution in [0.4, 0.5) is 11.4 Å². The summed E-state index contributed by atoms with van der Waals surface area (Å²) in [7, 11) is 1.94. The Morgan fingerprint density at radius 2 is 2.10 bits per heavy atom. The van der Waals surface area contributed by atoms with Crippen LogP contribution in [0.2, 0.25) is 0 Å². The average molecular weight is 289 g/mol. The van der Waals surface area contributed by atoms with Crippen LogP contribution in [-0.4, -0.2) is 23.9 Å². The van der Waals surface area contributed by atoms with E-state index >= 15 is 0 Å². The van der Waals surface area contributed by atoms with E-state index in [0.29, 0.717) is 11.4 Å². The summed E-state index contributed by atoms with van der Waals surface area (Å²) in [6.45, 7) is 2.65. The number of nitrogen functional groups attached to an aromatic ring is 1. The number of carbonyl (C=O) groups is 1. The number of amides is 1. The van der Waals surface area contributed by atoms with Gasteiger partial charge in [0.1, 0.15) is 0 Å². The van der Waals surface area contributed by atoms with E-state index in [4.69, 9.17) is 5.73 Å². The molecule has 0 aliphatic rings. The first-order valence-electron chi connectivity index (χ1n) is 6.46. The van der Waals surface area contributed by atoms with Gasteiger partial charge in [-0.25, -0.2) is 0 Å². The van der Waals surface area contributed by atoms with E-state index in [0.717, 1.165) is 6.54 Å². The molecule has 106 valence electrons. The Bertz CT molecular complexity index is 568. The fourth-order valence-corrected chi connectivity index (χ4v) is 2.60. The molecule has 0 saturated carbocycles. The molecular weight excluding hydrogens is 270 g/mol. The van der Waals surface area contributed by atoms with Crippen molar-refractivity contribution >= 4 is 28.6 Å². The van der Waals surface area contributed by atoms with Crippen LogP contribution in [0.25, 0.3) is 0 Å². The number of benzene rings is 1. The second kappa shape index (κ2) is 6.54. The van der Waals surface area contributed by atoms with E-state index in [1.165, 1.54) is 4.88 Å². The Balaban J connectivity index is 1.96. The number of hydrogen-bond acceptors (Lipinski definition) is 4. The van der Waals surface area contributed by atoms with Crippen molar-refractivity contribution in [1.29, 1.82) is 0 Å². The van der Waals surface area contributed by atoms with Crippen LogP contribution in [0.3, 0.4) is 0 Å². The minimum atomic E-state index is -0.225. The Labute approximate surface area is 123 Å². The molecule has 1 amide bonds. The molecule has 1 aromatic heterocycles. The highest BCUT2D eigenvalue weighted by Gasteiger charge is 2.19. The van der Waals surface area contributed by atoms with Crippen LogP contribution in [0.1, 0.15) is 11.8 Å². The van der Waals surface area contributed by atoms with Crippen molar-refractivity contribution in [3.63, 3.8) is 0 Å². The van der Waals surface area contributed by atoms with E-state index in [1.54, 1.807) is 23.5 Å². The van der Waals surface area contributed by atoms with Gasteiger partial charge in [0.05, 0.1) is 17.4 Å². The SMILES string of the molecule is CC(C(=O)Nc1ccccc1N)N(C)Cc1cccs1. The predicted octanol–water partition coefficient (Wildman–Crippen LogP) is 2.79. The highest BCUT2D eigenvalue weighted by molar-refractivity contribution is 7.09. The van der Waals surface area contributed by atoms with Gasteiger partial charge in [-0.15, -0.1) is 11.3 Å². The number of rotatable bonds is 5. The lowest BCUT2D eigenvalue weighted by Crippen LogP contribution is -2.39. The largest absolute Gasteiger partial charge is 0.397 e. The highest BCUT2D eigenvalue weighted by Crippen LogP contribution is 2.18. The number of para-hydroxylation sites is 2. The fourth-order valence-electron chi connectivity index (χ4n) is 1.83. The lowest BCUT2D eigenvalue weighted by atomic mass is 10.2. The molecule has 2 rings (SSSR count). The summed E-state index contributed by atoms with van der Waals surface area (Å²) >= 11 is 1.69. The molecule has 3 N–H and O–H groups in total. The summed E-state index contributed by atoms with van der Waals surface area (Å²) in [5.74, 6) is -0.0537. The number of nitrogens with zero attached hydrogens (tertiary/aromatic N) is 1. The third-order valence-corrected chi connectivity index (χ3v) is 4.11. The summed E-state index contributed by atoms with van der Waals surface area (Å²) in [5.41, 5.74) is 7.07. The first kappa shape index (κ1) is 14.6. The maximum Gasteiger partial charge on any atom is 0.241 e. The van der Waals surface area contributed by atoms with E-state index in [1.807, 2.05) is 42.5 Å². The fraction of sp³-hybridized carbons (Fsp3) is 0.267. The molecule has 1 unspecified atom stereocenters. The van der Waals surface area contributed by atoms with Gasteiger partial charge in [-0.05, 0) is 37.6 Å². The van der Waals surface area contributed by atoms with Gasteiger partial charge >= 0.3 is 0 Å². The molecule has 0 spiro atoms. The second-order valence-corrected chi connectivity index (χ2v) is 5.78. The average Bonchev–Trinajstić information content (AvgIpc) is 2.93. The number of nitrogens with one attached hydrogen (secondary N) is 1. The second-order valence-electron chi connectivity index (χ2n) is 4.75. The molecule has 0 aliphatic heterocycles. The van der Waals surface area contributed by atoms with Crippen LogP contribution < -0.4 is 11.1 Å². The molecule has 0 saturated heterocycles. The Kier molecular flexibility index (Phi) is 4.76. The molecule has 4 nitrogen and oxygen atoms in total. The topological polar surface area (TPSA) is 58.4 Å². The maximum absolute atomic E-state index is 12.2. The molecule has 0 aliphatic carbocycles. The van der Waals surface area contributed by atoms with Crippen molar-refractivity contribution in [2.75, 3.05) is 18.1 Å². The summed E-state index contributed by atoms with van der Waals surface area (Å²) in [5, 5.41) is 4.91. The molecule has 0 fully saturated rings. The van der Waals surface area contributed by atoms with Crippen LogP contribution in [0.5, 0.6) is 0 Å². The van der Waals surface area contributed by atoms with Crippen LogP contribution in [-0.2, 0) is 11.3 Å². The van der Waals surface area contributed by atoms with Crippen molar-refractivity contribution in [2.45, 2.75) is 19.5 Å². The van der Waals surface area contributed by atoms with Crippen molar-refractivity contribution in [2.24, 2.45) is 0 Å². The number of carbonyl (C=O) groups excluding carboxylic acids is 1. The van der Waals surface area contributed by atoms with Crippen molar-refractivity contribution in [3.8, 4) is 0 Å². The molecule has 1 aromatic carbocycles. The molecule has 1 atom stereocenters. The molecule has 2 aromatic rings. The normalized spacial score (nSPS) is 12.3. The molecule has 1 heterocycles. The van der Waals surface area contributed by atoms with Gasteiger partial charge < -0.3 is 11.1 Å². The smallest absolute Gasteiger partial charge is 0.241 e. The first-order valence-corrected chi connectivity index (χ1v) is 7.34. The Hall–Kier alpha value is -1.85. The van der Waals surface area contributed by atoms with Crippen molar-refractivity contribution < 1.29 is 4.79 Å². The molecule has 0 bridgehead atoms. The van der Waals surface area contributed by atoms with Gasteiger partial charge in [0.2, 0.25) is 5.91 Å². The zero-order chi connectivity index (χ0) is 14.5. The minimum absolute atomic E-state index is 0.0537. The van der Waals surface area contributed by atoms with Crippen LogP contribution in [0.15, 0.2) is 41.8 Å². The third-order valence-electron chi connectivity index (χ3n) is 3.24. The van der Waals surface area contributed by atoms with Gasteiger partial charge in [0.15, 0.2) is 0 Å². The van der Waals surface area contributed by atoms with Gasteiger partial charge in [-0.2, -0.15) is 0 Å². The lowest BCUT2D eigenvalue weighted by Gasteiger charge is -2.23. The number of thiophene rings is 1. The van der Waals surface area contributed by atoms with Crippen molar-refractivity contribution in [3.05, 3.63) is 46.7 Å². The Morgan fingerprint density at radius 3 is 2.75 bits per heavy atom. The van der Waals surface area contributed by atoms with Gasteiger partial charge in [0, 0.05) is 11.4 Å². The van der Waals surface area contributed by atoms with Crippen LogP contribution >= 0.6 is 11.3 Å². The molecule has 5 heteroatoms. The minimum Gasteiger partial charge on any atom is -0.397 e. The van der Waals surface area contributed by atoms with Gasteiger partial charge in [-0.1, -0.05) is 18.2 Å². The summed E-state index contributed by atoms with van der Waals surface area (Å²) in [6, 6.07) is 11.1. The molecule has 0 radical (unpaired) electrons.